The van der Waals surface area contributed by atoms with Crippen molar-refractivity contribution in [1.29, 1.82) is 0 Å². The summed E-state index contributed by atoms with van der Waals surface area (Å²) in [4.78, 5) is 4.27. The highest BCUT2D eigenvalue weighted by Crippen LogP contribution is 2.18. The normalized spacial score (nSPS) is 10.8. The van der Waals surface area contributed by atoms with Crippen LogP contribution >= 0.6 is 0 Å². The van der Waals surface area contributed by atoms with E-state index in [2.05, 4.69) is 15.2 Å². The summed E-state index contributed by atoms with van der Waals surface area (Å²) in [6, 6.07) is 9.84. The van der Waals surface area contributed by atoms with Crippen LogP contribution < -0.4 is 5.73 Å². The van der Waals surface area contributed by atoms with Crippen molar-refractivity contribution in [2.45, 2.75) is 6.42 Å². The second-order valence-electron chi connectivity index (χ2n) is 4.06. The second-order valence-corrected chi connectivity index (χ2v) is 4.06. The minimum absolute atomic E-state index is 0.464. The maximum absolute atomic E-state index is 5.45. The molecule has 0 amide bonds. The van der Waals surface area contributed by atoms with Gasteiger partial charge in [0.1, 0.15) is 0 Å². The van der Waals surface area contributed by atoms with Crippen LogP contribution in [0.3, 0.4) is 0 Å². The maximum Gasteiger partial charge on any atom is 0.261 e. The van der Waals surface area contributed by atoms with Crippen LogP contribution in [0.15, 0.2) is 47.2 Å². The molecule has 3 rings (SSSR count). The lowest BCUT2D eigenvalue weighted by Crippen LogP contribution is -2.03. The molecular weight excluding hydrogens is 242 g/mol. The first kappa shape index (κ1) is 11.6. The van der Waals surface area contributed by atoms with Gasteiger partial charge < -0.3 is 10.3 Å². The first-order valence-electron chi connectivity index (χ1n) is 6.00. The zero-order valence-corrected chi connectivity index (χ0v) is 10.2. The highest BCUT2D eigenvalue weighted by Gasteiger charge is 2.10. The van der Waals surface area contributed by atoms with E-state index in [1.807, 2.05) is 36.5 Å². The zero-order chi connectivity index (χ0) is 13.1. The van der Waals surface area contributed by atoms with Gasteiger partial charge in [-0.2, -0.15) is 10.1 Å². The van der Waals surface area contributed by atoms with Crippen molar-refractivity contribution in [3.63, 3.8) is 0 Å². The lowest BCUT2D eigenvalue weighted by Gasteiger charge is -1.98. The van der Waals surface area contributed by atoms with E-state index in [1.165, 1.54) is 0 Å². The number of nitrogens with zero attached hydrogens (tertiary/aromatic N) is 4. The Balaban J connectivity index is 1.88. The molecule has 2 aromatic heterocycles. The molecule has 6 nitrogen and oxygen atoms in total. The van der Waals surface area contributed by atoms with Crippen molar-refractivity contribution in [2.75, 3.05) is 6.54 Å². The van der Waals surface area contributed by atoms with Gasteiger partial charge in [0, 0.05) is 12.6 Å². The third-order valence-corrected chi connectivity index (χ3v) is 2.69. The minimum Gasteiger partial charge on any atom is -0.334 e. The van der Waals surface area contributed by atoms with E-state index < -0.39 is 0 Å². The summed E-state index contributed by atoms with van der Waals surface area (Å²) in [5, 5.41) is 8.14. The fraction of sp³-hybridized carbons (Fsp3) is 0.154. The third kappa shape index (κ3) is 2.38. The second kappa shape index (κ2) is 5.03. The van der Waals surface area contributed by atoms with Gasteiger partial charge in [0.25, 0.3) is 5.89 Å². The minimum atomic E-state index is 0.464. The molecular formula is C13H13N5O. The highest BCUT2D eigenvalue weighted by atomic mass is 16.5. The Morgan fingerprint density at radius 1 is 1.21 bits per heavy atom. The Hall–Kier alpha value is -2.47. The summed E-state index contributed by atoms with van der Waals surface area (Å²) >= 11 is 0. The Labute approximate surface area is 109 Å². The molecule has 0 aliphatic heterocycles. The summed E-state index contributed by atoms with van der Waals surface area (Å²) in [5.41, 5.74) is 7.22. The maximum atomic E-state index is 5.45. The topological polar surface area (TPSA) is 82.8 Å². The lowest BCUT2D eigenvalue weighted by molar-refractivity contribution is 0.422. The SMILES string of the molecule is NCCc1noc(-c2cnn(-c3ccccc3)c2)n1. The summed E-state index contributed by atoms with van der Waals surface area (Å²) < 4.78 is 6.95. The molecule has 0 spiro atoms. The molecule has 2 N–H and O–H groups in total. The van der Waals surface area contributed by atoms with Crippen LogP contribution in [0.1, 0.15) is 5.82 Å². The number of benzene rings is 1. The monoisotopic (exact) mass is 255 g/mol. The van der Waals surface area contributed by atoms with Gasteiger partial charge in [0.15, 0.2) is 5.82 Å². The summed E-state index contributed by atoms with van der Waals surface area (Å²) in [6.45, 7) is 0.502. The summed E-state index contributed by atoms with van der Waals surface area (Å²) in [5.74, 6) is 1.08. The Morgan fingerprint density at radius 2 is 2.05 bits per heavy atom. The van der Waals surface area contributed by atoms with Gasteiger partial charge in [-0.15, -0.1) is 0 Å². The van der Waals surface area contributed by atoms with Crippen molar-refractivity contribution in [3.8, 4) is 17.1 Å². The van der Waals surface area contributed by atoms with Gasteiger partial charge in [0.05, 0.1) is 17.4 Å². The summed E-state index contributed by atoms with van der Waals surface area (Å²) in [6.07, 6.45) is 4.16. The Kier molecular flexibility index (Phi) is 3.07. The van der Waals surface area contributed by atoms with Crippen LogP contribution in [0, 0.1) is 0 Å². The van der Waals surface area contributed by atoms with Gasteiger partial charge in [-0.25, -0.2) is 4.68 Å². The fourth-order valence-corrected chi connectivity index (χ4v) is 1.76. The standard InChI is InChI=1S/C13H13N5O/c14-7-6-12-16-13(19-17-12)10-8-15-18(9-10)11-4-2-1-3-5-11/h1-5,8-9H,6-7,14H2. The smallest absolute Gasteiger partial charge is 0.261 e. The molecule has 0 atom stereocenters. The number of rotatable bonds is 4. The molecule has 3 aromatic rings. The van der Waals surface area contributed by atoms with E-state index in [9.17, 15) is 0 Å². The van der Waals surface area contributed by atoms with E-state index >= 15 is 0 Å². The molecule has 0 unspecified atom stereocenters. The van der Waals surface area contributed by atoms with Crippen molar-refractivity contribution in [1.82, 2.24) is 19.9 Å². The van der Waals surface area contributed by atoms with Gasteiger partial charge in [0.2, 0.25) is 0 Å². The number of nitrogens with two attached hydrogens (primary N) is 1. The molecule has 1 aromatic carbocycles. The van der Waals surface area contributed by atoms with Crippen LogP contribution in [0.4, 0.5) is 0 Å². The summed E-state index contributed by atoms with van der Waals surface area (Å²) in [7, 11) is 0. The van der Waals surface area contributed by atoms with Gasteiger partial charge in [-0.3, -0.25) is 0 Å². The molecule has 0 aliphatic rings. The molecule has 2 heterocycles. The molecule has 0 saturated heterocycles. The van der Waals surface area contributed by atoms with E-state index in [4.69, 9.17) is 10.3 Å². The largest absolute Gasteiger partial charge is 0.334 e. The third-order valence-electron chi connectivity index (χ3n) is 2.69. The van der Waals surface area contributed by atoms with Crippen molar-refractivity contribution >= 4 is 0 Å². The molecule has 0 radical (unpaired) electrons. The molecule has 0 aliphatic carbocycles. The van der Waals surface area contributed by atoms with E-state index in [0.717, 1.165) is 11.3 Å². The van der Waals surface area contributed by atoms with Crippen LogP contribution in [-0.4, -0.2) is 26.5 Å². The Bertz CT molecular complexity index is 658. The van der Waals surface area contributed by atoms with Crippen LogP contribution in [-0.2, 0) is 6.42 Å². The van der Waals surface area contributed by atoms with Crippen molar-refractivity contribution in [3.05, 3.63) is 48.5 Å². The van der Waals surface area contributed by atoms with Crippen molar-refractivity contribution in [2.24, 2.45) is 5.73 Å². The van der Waals surface area contributed by atoms with Crippen molar-refractivity contribution < 1.29 is 4.52 Å². The van der Waals surface area contributed by atoms with E-state index in [-0.39, 0.29) is 0 Å². The number of para-hydroxylation sites is 1. The van der Waals surface area contributed by atoms with E-state index in [1.54, 1.807) is 10.9 Å². The quantitative estimate of drug-likeness (QED) is 0.762. The van der Waals surface area contributed by atoms with Crippen LogP contribution in [0.5, 0.6) is 0 Å². The first-order chi connectivity index (χ1) is 9.36. The first-order valence-corrected chi connectivity index (χ1v) is 6.00. The predicted octanol–water partition coefficient (Wildman–Crippen LogP) is 1.42. The molecule has 0 bridgehead atoms. The number of aromatic nitrogens is 4. The molecule has 0 fully saturated rings. The molecule has 6 heteroatoms. The van der Waals surface area contributed by atoms with Crippen LogP contribution in [0.25, 0.3) is 17.1 Å². The fourth-order valence-electron chi connectivity index (χ4n) is 1.76. The lowest BCUT2D eigenvalue weighted by atomic mass is 10.3. The molecule has 0 saturated carbocycles. The number of hydrogen-bond donors (Lipinski definition) is 1. The van der Waals surface area contributed by atoms with Gasteiger partial charge in [-0.05, 0) is 18.7 Å². The van der Waals surface area contributed by atoms with E-state index in [0.29, 0.717) is 24.7 Å². The van der Waals surface area contributed by atoms with Crippen LogP contribution in [0.2, 0.25) is 0 Å². The van der Waals surface area contributed by atoms with Gasteiger partial charge >= 0.3 is 0 Å². The Morgan fingerprint density at radius 3 is 2.84 bits per heavy atom. The molecule has 96 valence electrons. The average Bonchev–Trinajstić information content (AvgIpc) is 3.08. The van der Waals surface area contributed by atoms with Gasteiger partial charge in [-0.1, -0.05) is 23.4 Å². The average molecular weight is 255 g/mol. The predicted molar refractivity (Wildman–Crippen MR) is 69.6 cm³/mol. The highest BCUT2D eigenvalue weighted by molar-refractivity contribution is 5.51. The molecule has 19 heavy (non-hydrogen) atoms. The number of hydrogen-bond acceptors (Lipinski definition) is 5. The zero-order valence-electron chi connectivity index (χ0n) is 10.2.